The Morgan fingerprint density at radius 1 is 1.50 bits per heavy atom. The number of carbonyl (C=O) groups is 2. The molecular formula is C12H11NO5. The molecule has 0 aliphatic carbocycles. The van der Waals surface area contributed by atoms with Crippen LogP contribution in [-0.2, 0) is 9.53 Å². The first-order valence-electron chi connectivity index (χ1n) is 5.31. The summed E-state index contributed by atoms with van der Waals surface area (Å²) in [6.07, 6.45) is 2.31. The molecule has 0 saturated heterocycles. The van der Waals surface area contributed by atoms with Crippen molar-refractivity contribution in [2.24, 2.45) is 0 Å². The number of esters is 1. The van der Waals surface area contributed by atoms with Crippen LogP contribution in [0.1, 0.15) is 23.2 Å². The second-order valence-electron chi connectivity index (χ2n) is 3.50. The number of aromatic amines is 1. The quantitative estimate of drug-likeness (QED) is 0.638. The Bertz CT molecular complexity index is 588. The van der Waals surface area contributed by atoms with Crippen LogP contribution in [0, 0.1) is 0 Å². The zero-order valence-corrected chi connectivity index (χ0v) is 9.60. The Balaban J connectivity index is 2.25. The van der Waals surface area contributed by atoms with Gasteiger partial charge < -0.3 is 19.2 Å². The molecule has 0 amide bonds. The number of aliphatic carboxylic acids is 1. The molecule has 18 heavy (non-hydrogen) atoms. The minimum atomic E-state index is -1.05. The van der Waals surface area contributed by atoms with E-state index in [0.717, 1.165) is 6.08 Å². The van der Waals surface area contributed by atoms with Crippen molar-refractivity contribution >= 4 is 29.1 Å². The Hall–Kier alpha value is -2.50. The molecule has 0 aliphatic heterocycles. The molecule has 94 valence electrons. The molecule has 0 unspecified atom stereocenters. The molecule has 6 heteroatoms. The molecule has 2 N–H and O–H groups in total. The van der Waals surface area contributed by atoms with Gasteiger partial charge in [0.25, 0.3) is 0 Å². The lowest BCUT2D eigenvalue weighted by Crippen LogP contribution is -2.04. The SMILES string of the molecule is CCOC(=O)c1cc2oc(/C=C/C(=O)O)cc2[nH]1. The van der Waals surface area contributed by atoms with Crippen LogP contribution < -0.4 is 0 Å². The highest BCUT2D eigenvalue weighted by molar-refractivity contribution is 5.94. The van der Waals surface area contributed by atoms with Gasteiger partial charge in [0, 0.05) is 18.2 Å². The van der Waals surface area contributed by atoms with Gasteiger partial charge in [-0.3, -0.25) is 0 Å². The summed E-state index contributed by atoms with van der Waals surface area (Å²) in [7, 11) is 0. The van der Waals surface area contributed by atoms with Crippen molar-refractivity contribution in [3.05, 3.63) is 29.7 Å². The first kappa shape index (κ1) is 12.0. The van der Waals surface area contributed by atoms with E-state index in [1.54, 1.807) is 13.0 Å². The molecule has 0 saturated carbocycles. The Morgan fingerprint density at radius 2 is 2.28 bits per heavy atom. The summed E-state index contributed by atoms with van der Waals surface area (Å²) >= 11 is 0. The molecule has 0 spiro atoms. The van der Waals surface area contributed by atoms with Gasteiger partial charge in [0.2, 0.25) is 0 Å². The molecule has 0 bridgehead atoms. The predicted octanol–water partition coefficient (Wildman–Crippen LogP) is 2.04. The fourth-order valence-electron chi connectivity index (χ4n) is 1.50. The number of hydrogen-bond donors (Lipinski definition) is 2. The fraction of sp³-hybridized carbons (Fsp3) is 0.167. The number of carbonyl (C=O) groups excluding carboxylic acids is 1. The van der Waals surface area contributed by atoms with E-state index in [9.17, 15) is 9.59 Å². The molecule has 2 heterocycles. The average Bonchev–Trinajstić information content (AvgIpc) is 2.83. The maximum absolute atomic E-state index is 11.4. The van der Waals surface area contributed by atoms with Crippen molar-refractivity contribution in [3.8, 4) is 0 Å². The summed E-state index contributed by atoms with van der Waals surface area (Å²) in [6.45, 7) is 2.02. The molecule has 0 fully saturated rings. The molecule has 0 aliphatic rings. The van der Waals surface area contributed by atoms with Crippen LogP contribution in [-0.4, -0.2) is 28.6 Å². The number of rotatable bonds is 4. The van der Waals surface area contributed by atoms with E-state index >= 15 is 0 Å². The standard InChI is InChI=1S/C12H11NO5/c1-2-17-12(16)9-6-10-8(13-9)5-7(18-10)3-4-11(14)15/h3-6,13H,2H2,1H3,(H,14,15)/b4-3+. The lowest BCUT2D eigenvalue weighted by Gasteiger charge is -1.96. The third-order valence-corrected chi connectivity index (χ3v) is 2.21. The number of ether oxygens (including phenoxy) is 1. The minimum absolute atomic E-state index is 0.297. The normalized spacial score (nSPS) is 11.2. The number of furan rings is 1. The minimum Gasteiger partial charge on any atom is -0.478 e. The van der Waals surface area contributed by atoms with Gasteiger partial charge in [-0.15, -0.1) is 0 Å². The summed E-state index contributed by atoms with van der Waals surface area (Å²) in [6, 6.07) is 3.13. The number of H-pyrrole nitrogens is 1. The number of fused-ring (bicyclic) bond motifs is 1. The van der Waals surface area contributed by atoms with E-state index in [1.807, 2.05) is 0 Å². The molecule has 2 aromatic heterocycles. The van der Waals surface area contributed by atoms with E-state index in [2.05, 4.69) is 4.98 Å². The molecule has 2 rings (SSSR count). The number of hydrogen-bond acceptors (Lipinski definition) is 4. The summed E-state index contributed by atoms with van der Waals surface area (Å²) in [5.41, 5.74) is 1.39. The summed E-state index contributed by atoms with van der Waals surface area (Å²) < 4.78 is 10.2. The van der Waals surface area contributed by atoms with Crippen LogP contribution >= 0.6 is 0 Å². The molecule has 6 nitrogen and oxygen atoms in total. The van der Waals surface area contributed by atoms with Crippen LogP contribution in [0.15, 0.2) is 22.6 Å². The molecule has 0 atom stereocenters. The molecular weight excluding hydrogens is 238 g/mol. The van der Waals surface area contributed by atoms with Crippen molar-refractivity contribution in [1.82, 2.24) is 4.98 Å². The van der Waals surface area contributed by atoms with Gasteiger partial charge in [0.05, 0.1) is 12.1 Å². The van der Waals surface area contributed by atoms with E-state index in [0.29, 0.717) is 29.2 Å². The third kappa shape index (κ3) is 2.42. The predicted molar refractivity (Wildman–Crippen MR) is 63.2 cm³/mol. The van der Waals surface area contributed by atoms with Crippen LogP contribution in [0.2, 0.25) is 0 Å². The highest BCUT2D eigenvalue weighted by Crippen LogP contribution is 2.21. The Morgan fingerprint density at radius 3 is 2.89 bits per heavy atom. The van der Waals surface area contributed by atoms with Gasteiger partial charge in [0.15, 0.2) is 5.58 Å². The second kappa shape index (κ2) is 4.79. The van der Waals surface area contributed by atoms with Crippen molar-refractivity contribution in [2.45, 2.75) is 6.92 Å². The smallest absolute Gasteiger partial charge is 0.354 e. The van der Waals surface area contributed by atoms with Crippen molar-refractivity contribution < 1.29 is 23.8 Å². The van der Waals surface area contributed by atoms with Crippen molar-refractivity contribution in [3.63, 3.8) is 0 Å². The van der Waals surface area contributed by atoms with Crippen LogP contribution in [0.5, 0.6) is 0 Å². The fourth-order valence-corrected chi connectivity index (χ4v) is 1.50. The number of nitrogens with one attached hydrogen (secondary N) is 1. The third-order valence-electron chi connectivity index (χ3n) is 2.21. The second-order valence-corrected chi connectivity index (χ2v) is 3.50. The van der Waals surface area contributed by atoms with Gasteiger partial charge in [-0.25, -0.2) is 9.59 Å². The van der Waals surface area contributed by atoms with Gasteiger partial charge in [-0.2, -0.15) is 0 Å². The van der Waals surface area contributed by atoms with Gasteiger partial charge in [-0.1, -0.05) is 0 Å². The van der Waals surface area contributed by atoms with E-state index in [4.69, 9.17) is 14.3 Å². The maximum Gasteiger partial charge on any atom is 0.354 e. The number of aromatic nitrogens is 1. The highest BCUT2D eigenvalue weighted by Gasteiger charge is 2.13. The molecule has 0 aromatic carbocycles. The van der Waals surface area contributed by atoms with Crippen LogP contribution in [0.25, 0.3) is 17.2 Å². The first-order chi connectivity index (χ1) is 8.60. The van der Waals surface area contributed by atoms with Gasteiger partial charge in [-0.05, 0) is 13.0 Å². The zero-order valence-electron chi connectivity index (χ0n) is 9.60. The molecule has 0 radical (unpaired) electrons. The average molecular weight is 249 g/mol. The monoisotopic (exact) mass is 249 g/mol. The molecule has 2 aromatic rings. The Labute approximate surface area is 102 Å². The van der Waals surface area contributed by atoms with Gasteiger partial charge >= 0.3 is 11.9 Å². The van der Waals surface area contributed by atoms with Crippen LogP contribution in [0.4, 0.5) is 0 Å². The highest BCUT2D eigenvalue weighted by atomic mass is 16.5. The van der Waals surface area contributed by atoms with Crippen molar-refractivity contribution in [1.29, 1.82) is 0 Å². The lowest BCUT2D eigenvalue weighted by molar-refractivity contribution is -0.131. The van der Waals surface area contributed by atoms with Crippen LogP contribution in [0.3, 0.4) is 0 Å². The Kier molecular flexibility index (Phi) is 3.18. The van der Waals surface area contributed by atoms with E-state index < -0.39 is 11.9 Å². The summed E-state index contributed by atoms with van der Waals surface area (Å²) in [5, 5.41) is 8.48. The largest absolute Gasteiger partial charge is 0.478 e. The first-order valence-corrected chi connectivity index (χ1v) is 5.31. The number of carboxylic acid groups (broad SMARTS) is 1. The maximum atomic E-state index is 11.4. The lowest BCUT2D eigenvalue weighted by atomic mass is 10.4. The van der Waals surface area contributed by atoms with Gasteiger partial charge in [0.1, 0.15) is 11.5 Å². The zero-order chi connectivity index (χ0) is 13.1. The number of carboxylic acids is 1. The van der Waals surface area contributed by atoms with E-state index in [1.165, 1.54) is 12.1 Å². The topological polar surface area (TPSA) is 92.5 Å². The summed E-state index contributed by atoms with van der Waals surface area (Å²) in [4.78, 5) is 24.6. The van der Waals surface area contributed by atoms with E-state index in [-0.39, 0.29) is 0 Å². The van der Waals surface area contributed by atoms with Crippen molar-refractivity contribution in [2.75, 3.05) is 6.61 Å². The summed E-state index contributed by atoms with van der Waals surface area (Å²) in [5.74, 6) is -1.11.